The Balaban J connectivity index is 2.27. The van der Waals surface area contributed by atoms with E-state index in [0.717, 1.165) is 4.47 Å². The van der Waals surface area contributed by atoms with Crippen molar-refractivity contribution in [3.8, 4) is 0 Å². The minimum absolute atomic E-state index is 0.329. The first-order valence-electron chi connectivity index (χ1n) is 4.92. The van der Waals surface area contributed by atoms with E-state index in [1.165, 1.54) is 0 Å². The van der Waals surface area contributed by atoms with Crippen LogP contribution in [-0.2, 0) is 9.31 Å². The average Bonchev–Trinajstić information content (AvgIpc) is 2.55. The molecule has 0 bridgehead atoms. The Labute approximate surface area is 98.4 Å². The van der Waals surface area contributed by atoms with Gasteiger partial charge in [-0.05, 0) is 49.7 Å². The van der Waals surface area contributed by atoms with Crippen LogP contribution < -0.4 is 5.66 Å². The lowest BCUT2D eigenvalue weighted by atomic mass is 9.86. The van der Waals surface area contributed by atoms with E-state index in [1.54, 1.807) is 6.26 Å². The summed E-state index contributed by atoms with van der Waals surface area (Å²) in [5.74, 6) is 0. The zero-order valence-corrected chi connectivity index (χ0v) is 10.9. The molecule has 0 radical (unpaired) electrons. The van der Waals surface area contributed by atoms with Crippen molar-refractivity contribution >= 4 is 28.7 Å². The molecule has 1 aromatic heterocycles. The molecular weight excluding hydrogens is 259 g/mol. The van der Waals surface area contributed by atoms with E-state index in [2.05, 4.69) is 15.9 Å². The fourth-order valence-corrected chi connectivity index (χ4v) is 1.81. The van der Waals surface area contributed by atoms with Gasteiger partial charge in [0, 0.05) is 0 Å². The molecule has 2 heterocycles. The normalized spacial score (nSPS) is 23.4. The van der Waals surface area contributed by atoms with E-state index >= 15 is 0 Å². The van der Waals surface area contributed by atoms with Crippen LogP contribution in [0.5, 0.6) is 0 Å². The lowest BCUT2D eigenvalue weighted by molar-refractivity contribution is 0.00578. The van der Waals surface area contributed by atoms with Crippen molar-refractivity contribution in [1.29, 1.82) is 0 Å². The summed E-state index contributed by atoms with van der Waals surface area (Å²) in [5, 5.41) is 0. The fraction of sp³-hybridized carbons (Fsp3) is 0.600. The fourth-order valence-electron chi connectivity index (χ4n) is 1.42. The van der Waals surface area contributed by atoms with Gasteiger partial charge in [-0.25, -0.2) is 0 Å². The smallest absolute Gasteiger partial charge is 0.472 e. The van der Waals surface area contributed by atoms with Crippen LogP contribution in [0.4, 0.5) is 0 Å². The summed E-state index contributed by atoms with van der Waals surface area (Å²) in [6, 6.07) is 1.83. The Morgan fingerprint density at radius 3 is 2.07 bits per heavy atom. The minimum Gasteiger partial charge on any atom is -0.472 e. The molecule has 1 saturated heterocycles. The summed E-state index contributed by atoms with van der Waals surface area (Å²) in [4.78, 5) is 0. The van der Waals surface area contributed by atoms with Gasteiger partial charge in [0.25, 0.3) is 0 Å². The lowest BCUT2D eigenvalue weighted by Gasteiger charge is -2.32. The summed E-state index contributed by atoms with van der Waals surface area (Å²) in [6.45, 7) is 8.07. The summed E-state index contributed by atoms with van der Waals surface area (Å²) < 4.78 is 17.9. The average molecular weight is 273 g/mol. The van der Waals surface area contributed by atoms with Gasteiger partial charge in [0.1, 0.15) is 5.66 Å². The van der Waals surface area contributed by atoms with Crippen LogP contribution in [-0.4, -0.2) is 18.3 Å². The van der Waals surface area contributed by atoms with E-state index < -0.39 is 7.12 Å². The molecule has 1 aliphatic heterocycles. The monoisotopic (exact) mass is 272 g/mol. The third-order valence-electron chi connectivity index (χ3n) is 3.11. The maximum Gasteiger partial charge on any atom is 0.533 e. The largest absolute Gasteiger partial charge is 0.533 e. The van der Waals surface area contributed by atoms with E-state index in [0.29, 0.717) is 5.66 Å². The first kappa shape index (κ1) is 11.2. The van der Waals surface area contributed by atoms with Crippen molar-refractivity contribution in [2.45, 2.75) is 38.9 Å². The number of hydrogen-bond acceptors (Lipinski definition) is 3. The van der Waals surface area contributed by atoms with Crippen molar-refractivity contribution < 1.29 is 13.7 Å². The molecule has 0 aromatic carbocycles. The van der Waals surface area contributed by atoms with Crippen molar-refractivity contribution in [3.63, 3.8) is 0 Å². The van der Waals surface area contributed by atoms with Gasteiger partial charge in [-0.15, -0.1) is 0 Å². The molecule has 1 fully saturated rings. The van der Waals surface area contributed by atoms with Crippen molar-refractivity contribution in [1.82, 2.24) is 0 Å². The second-order valence-corrected chi connectivity index (χ2v) is 5.58. The van der Waals surface area contributed by atoms with E-state index in [1.807, 2.05) is 33.8 Å². The third-order valence-corrected chi connectivity index (χ3v) is 3.77. The van der Waals surface area contributed by atoms with E-state index in [-0.39, 0.29) is 11.2 Å². The van der Waals surface area contributed by atoms with Crippen LogP contribution in [0.1, 0.15) is 27.7 Å². The summed E-state index contributed by atoms with van der Waals surface area (Å²) in [6.07, 6.45) is 1.62. The Morgan fingerprint density at radius 2 is 1.67 bits per heavy atom. The minimum atomic E-state index is -0.431. The second-order valence-electron chi connectivity index (χ2n) is 4.72. The summed E-state index contributed by atoms with van der Waals surface area (Å²) >= 11 is 3.40. The van der Waals surface area contributed by atoms with E-state index in [9.17, 15) is 0 Å². The number of furan rings is 1. The lowest BCUT2D eigenvalue weighted by Crippen LogP contribution is -2.41. The number of hydrogen-bond donors (Lipinski definition) is 0. The zero-order valence-electron chi connectivity index (χ0n) is 9.33. The van der Waals surface area contributed by atoms with Crippen molar-refractivity contribution in [2.24, 2.45) is 0 Å². The van der Waals surface area contributed by atoms with E-state index in [4.69, 9.17) is 13.7 Å². The molecule has 1 aliphatic rings. The molecule has 0 aliphatic carbocycles. The van der Waals surface area contributed by atoms with Crippen LogP contribution in [0.2, 0.25) is 0 Å². The molecule has 0 atom stereocenters. The van der Waals surface area contributed by atoms with Crippen LogP contribution in [0, 0.1) is 0 Å². The Morgan fingerprint density at radius 1 is 1.13 bits per heavy atom. The highest BCUT2D eigenvalue weighted by atomic mass is 79.9. The van der Waals surface area contributed by atoms with Gasteiger partial charge in [0.05, 0.1) is 21.9 Å². The Kier molecular flexibility index (Phi) is 2.52. The standard InChI is InChI=1S/C10H14BBrO3/c1-9(2)10(3,4)15-11(14-9)8-7(12)5-6-13-8/h5-6H,1-4H3. The summed E-state index contributed by atoms with van der Waals surface area (Å²) in [5.41, 5.74) is 0.0296. The highest BCUT2D eigenvalue weighted by Gasteiger charge is 2.53. The number of halogens is 1. The maximum absolute atomic E-state index is 5.84. The molecule has 3 nitrogen and oxygen atoms in total. The van der Waals surface area contributed by atoms with Crippen LogP contribution in [0.15, 0.2) is 21.2 Å². The molecule has 2 rings (SSSR count). The molecule has 1 aromatic rings. The Hall–Kier alpha value is -0.255. The quantitative estimate of drug-likeness (QED) is 0.736. The highest BCUT2D eigenvalue weighted by Crippen LogP contribution is 2.36. The van der Waals surface area contributed by atoms with Gasteiger partial charge in [-0.1, -0.05) is 0 Å². The third kappa shape index (κ3) is 1.77. The van der Waals surface area contributed by atoms with Crippen molar-refractivity contribution in [3.05, 3.63) is 16.8 Å². The number of rotatable bonds is 1. The van der Waals surface area contributed by atoms with Crippen LogP contribution >= 0.6 is 15.9 Å². The Bertz CT molecular complexity index is 356. The molecule has 15 heavy (non-hydrogen) atoms. The first-order valence-corrected chi connectivity index (χ1v) is 5.71. The van der Waals surface area contributed by atoms with Crippen LogP contribution in [0.3, 0.4) is 0 Å². The molecule has 82 valence electrons. The second kappa shape index (κ2) is 3.37. The van der Waals surface area contributed by atoms with Gasteiger partial charge >= 0.3 is 7.12 Å². The predicted molar refractivity (Wildman–Crippen MR) is 62.1 cm³/mol. The zero-order chi connectivity index (χ0) is 11.3. The molecule has 0 N–H and O–H groups in total. The molecular formula is C10H14BBrO3. The summed E-state index contributed by atoms with van der Waals surface area (Å²) in [7, 11) is -0.431. The van der Waals surface area contributed by atoms with Gasteiger partial charge in [-0.2, -0.15) is 0 Å². The van der Waals surface area contributed by atoms with Gasteiger partial charge in [-0.3, -0.25) is 0 Å². The SMILES string of the molecule is CC1(C)OB(c2occc2Br)OC1(C)C. The van der Waals surface area contributed by atoms with Gasteiger partial charge < -0.3 is 13.7 Å². The first-order chi connectivity index (χ1) is 6.83. The molecule has 5 heteroatoms. The molecule has 0 saturated carbocycles. The molecule has 0 spiro atoms. The van der Waals surface area contributed by atoms with Crippen molar-refractivity contribution in [2.75, 3.05) is 0 Å². The van der Waals surface area contributed by atoms with Crippen LogP contribution in [0.25, 0.3) is 0 Å². The van der Waals surface area contributed by atoms with Gasteiger partial charge in [0.2, 0.25) is 0 Å². The van der Waals surface area contributed by atoms with Gasteiger partial charge in [0.15, 0.2) is 0 Å². The predicted octanol–water partition coefficient (Wildman–Crippen LogP) is 2.34. The topological polar surface area (TPSA) is 31.6 Å². The maximum atomic E-state index is 5.84. The highest BCUT2D eigenvalue weighted by molar-refractivity contribution is 9.10. The molecule has 0 unspecified atom stereocenters. The molecule has 0 amide bonds.